The van der Waals surface area contributed by atoms with Gasteiger partial charge in [-0.3, -0.25) is 9.48 Å². The van der Waals surface area contributed by atoms with Gasteiger partial charge in [-0.1, -0.05) is 36.5 Å². The molecule has 0 saturated carbocycles. The van der Waals surface area contributed by atoms with Crippen LogP contribution in [0, 0.1) is 0 Å². The van der Waals surface area contributed by atoms with Crippen molar-refractivity contribution in [2.24, 2.45) is 12.8 Å². The van der Waals surface area contributed by atoms with E-state index in [1.165, 1.54) is 0 Å². The molecular formula is C15H18N4OS. The number of nitrogens with two attached hydrogens (primary N) is 1. The van der Waals surface area contributed by atoms with E-state index in [2.05, 4.69) is 10.4 Å². The van der Waals surface area contributed by atoms with Gasteiger partial charge in [0.25, 0.3) is 0 Å². The van der Waals surface area contributed by atoms with Gasteiger partial charge in [0.1, 0.15) is 4.99 Å². The maximum absolute atomic E-state index is 11.8. The van der Waals surface area contributed by atoms with Crippen LogP contribution in [0.4, 0.5) is 0 Å². The van der Waals surface area contributed by atoms with Crippen LogP contribution in [0.2, 0.25) is 0 Å². The number of aromatic nitrogens is 2. The molecule has 0 aliphatic carbocycles. The maximum Gasteiger partial charge on any atom is 0.224 e. The normalized spacial score (nSPS) is 10.3. The summed E-state index contributed by atoms with van der Waals surface area (Å²) in [6.07, 6.45) is 2.97. The lowest BCUT2D eigenvalue weighted by Gasteiger charge is -2.05. The first kappa shape index (κ1) is 15.2. The van der Waals surface area contributed by atoms with E-state index in [0.29, 0.717) is 18.0 Å². The number of hydrogen-bond donors (Lipinski definition) is 2. The van der Waals surface area contributed by atoms with Crippen LogP contribution in [0.1, 0.15) is 16.8 Å². The number of thiocarbonyl (C=S) groups is 1. The Hall–Kier alpha value is -2.21. The summed E-state index contributed by atoms with van der Waals surface area (Å²) >= 11 is 4.89. The fourth-order valence-corrected chi connectivity index (χ4v) is 2.10. The summed E-state index contributed by atoms with van der Waals surface area (Å²) in [5, 5.41) is 7.15. The molecule has 110 valence electrons. The predicted octanol–water partition coefficient (Wildman–Crippen LogP) is 0.956. The molecule has 21 heavy (non-hydrogen) atoms. The first-order valence-corrected chi connectivity index (χ1v) is 7.09. The second-order valence-electron chi connectivity index (χ2n) is 4.82. The average Bonchev–Trinajstić information content (AvgIpc) is 2.85. The average molecular weight is 302 g/mol. The lowest BCUT2D eigenvalue weighted by Crippen LogP contribution is -2.27. The Kier molecular flexibility index (Phi) is 5.05. The summed E-state index contributed by atoms with van der Waals surface area (Å²) in [6, 6.07) is 9.35. The number of rotatable bonds is 6. The van der Waals surface area contributed by atoms with Crippen LogP contribution >= 0.6 is 12.2 Å². The van der Waals surface area contributed by atoms with Crippen molar-refractivity contribution in [1.82, 2.24) is 15.1 Å². The van der Waals surface area contributed by atoms with Gasteiger partial charge in [-0.05, 0) is 11.6 Å². The Morgan fingerprint density at radius 2 is 2.05 bits per heavy atom. The molecular weight excluding hydrogens is 284 g/mol. The van der Waals surface area contributed by atoms with E-state index in [4.69, 9.17) is 18.0 Å². The SMILES string of the molecule is Cn1ccc(CCNC(=O)Cc2ccc(C(N)=S)cc2)n1. The van der Waals surface area contributed by atoms with Crippen molar-refractivity contribution in [2.75, 3.05) is 6.54 Å². The number of hydrogen-bond acceptors (Lipinski definition) is 3. The summed E-state index contributed by atoms with van der Waals surface area (Å²) in [5.74, 6) is -0.00555. The van der Waals surface area contributed by atoms with E-state index in [1.54, 1.807) is 4.68 Å². The maximum atomic E-state index is 11.8. The fraction of sp³-hybridized carbons (Fsp3) is 0.267. The van der Waals surface area contributed by atoms with Gasteiger partial charge < -0.3 is 11.1 Å². The summed E-state index contributed by atoms with van der Waals surface area (Å²) in [4.78, 5) is 12.2. The van der Waals surface area contributed by atoms with Crippen LogP contribution in [0.15, 0.2) is 36.5 Å². The Balaban J connectivity index is 1.77. The summed E-state index contributed by atoms with van der Waals surface area (Å²) in [7, 11) is 1.87. The molecule has 1 aromatic heterocycles. The van der Waals surface area contributed by atoms with E-state index >= 15 is 0 Å². The van der Waals surface area contributed by atoms with Crippen molar-refractivity contribution in [1.29, 1.82) is 0 Å². The van der Waals surface area contributed by atoms with Crippen molar-refractivity contribution in [3.8, 4) is 0 Å². The Morgan fingerprint density at radius 1 is 1.33 bits per heavy atom. The molecule has 1 amide bonds. The van der Waals surface area contributed by atoms with Gasteiger partial charge in [-0.15, -0.1) is 0 Å². The number of benzene rings is 1. The zero-order valence-electron chi connectivity index (χ0n) is 11.9. The number of carbonyl (C=O) groups is 1. The summed E-state index contributed by atoms with van der Waals surface area (Å²) in [6.45, 7) is 0.584. The van der Waals surface area contributed by atoms with Crippen molar-refractivity contribution in [3.63, 3.8) is 0 Å². The first-order valence-electron chi connectivity index (χ1n) is 6.68. The van der Waals surface area contributed by atoms with Crippen molar-refractivity contribution in [2.45, 2.75) is 12.8 Å². The van der Waals surface area contributed by atoms with Gasteiger partial charge in [-0.2, -0.15) is 5.10 Å². The molecule has 5 nitrogen and oxygen atoms in total. The molecule has 3 N–H and O–H groups in total. The van der Waals surface area contributed by atoms with Crippen molar-refractivity contribution in [3.05, 3.63) is 53.3 Å². The van der Waals surface area contributed by atoms with Gasteiger partial charge in [-0.25, -0.2) is 0 Å². The Bertz CT molecular complexity index is 633. The molecule has 2 aromatic rings. The molecule has 2 rings (SSSR count). The molecule has 0 atom stereocenters. The fourth-order valence-electron chi connectivity index (χ4n) is 1.96. The van der Waals surface area contributed by atoms with Crippen molar-refractivity contribution < 1.29 is 4.79 Å². The molecule has 0 unspecified atom stereocenters. The second kappa shape index (κ2) is 6.99. The molecule has 0 fully saturated rings. The summed E-state index contributed by atoms with van der Waals surface area (Å²) < 4.78 is 1.75. The number of aryl methyl sites for hydroxylation is 1. The first-order chi connectivity index (χ1) is 10.0. The van der Waals surface area contributed by atoms with Crippen LogP contribution in [-0.4, -0.2) is 27.2 Å². The quantitative estimate of drug-likeness (QED) is 0.780. The smallest absolute Gasteiger partial charge is 0.224 e. The zero-order valence-corrected chi connectivity index (χ0v) is 12.7. The van der Waals surface area contributed by atoms with E-state index in [1.807, 2.05) is 43.6 Å². The molecule has 0 saturated heterocycles. The highest BCUT2D eigenvalue weighted by Gasteiger charge is 2.04. The third-order valence-corrected chi connectivity index (χ3v) is 3.31. The molecule has 0 aliphatic heterocycles. The van der Waals surface area contributed by atoms with E-state index in [0.717, 1.165) is 23.2 Å². The predicted molar refractivity (Wildman–Crippen MR) is 86.0 cm³/mol. The highest BCUT2D eigenvalue weighted by Crippen LogP contribution is 2.05. The number of amides is 1. The molecule has 0 radical (unpaired) electrons. The monoisotopic (exact) mass is 302 g/mol. The van der Waals surface area contributed by atoms with Crippen LogP contribution in [0.25, 0.3) is 0 Å². The minimum atomic E-state index is -0.00555. The molecule has 6 heteroatoms. The van der Waals surface area contributed by atoms with Gasteiger partial charge in [0.15, 0.2) is 0 Å². The van der Waals surface area contributed by atoms with Crippen LogP contribution in [0.5, 0.6) is 0 Å². The van der Waals surface area contributed by atoms with Gasteiger partial charge in [0, 0.05) is 31.8 Å². The zero-order chi connectivity index (χ0) is 15.2. The number of carbonyl (C=O) groups excluding carboxylic acids is 1. The van der Waals surface area contributed by atoms with Gasteiger partial charge in [0.05, 0.1) is 12.1 Å². The van der Waals surface area contributed by atoms with E-state index < -0.39 is 0 Å². The molecule has 1 aromatic carbocycles. The van der Waals surface area contributed by atoms with Crippen molar-refractivity contribution >= 4 is 23.1 Å². The minimum Gasteiger partial charge on any atom is -0.389 e. The minimum absolute atomic E-state index is 0.00555. The second-order valence-corrected chi connectivity index (χ2v) is 5.26. The Labute approximate surface area is 129 Å². The van der Waals surface area contributed by atoms with Gasteiger partial charge in [0.2, 0.25) is 5.91 Å². The Morgan fingerprint density at radius 3 is 2.62 bits per heavy atom. The van der Waals surface area contributed by atoms with Crippen LogP contribution in [0.3, 0.4) is 0 Å². The highest BCUT2D eigenvalue weighted by molar-refractivity contribution is 7.80. The molecule has 1 heterocycles. The van der Waals surface area contributed by atoms with Gasteiger partial charge >= 0.3 is 0 Å². The molecule has 0 bridgehead atoms. The topological polar surface area (TPSA) is 72.9 Å². The third-order valence-electron chi connectivity index (χ3n) is 3.08. The lowest BCUT2D eigenvalue weighted by atomic mass is 10.1. The molecule has 0 spiro atoms. The highest BCUT2D eigenvalue weighted by atomic mass is 32.1. The van der Waals surface area contributed by atoms with Crippen LogP contribution in [-0.2, 0) is 24.7 Å². The van der Waals surface area contributed by atoms with E-state index in [9.17, 15) is 4.79 Å². The number of nitrogens with one attached hydrogen (secondary N) is 1. The summed E-state index contributed by atoms with van der Waals surface area (Å²) in [5.41, 5.74) is 8.25. The standard InChI is InChI=1S/C15H18N4OS/c1-19-9-7-13(18-19)6-8-17-14(20)10-11-2-4-12(5-3-11)15(16)21/h2-5,7,9H,6,8,10H2,1H3,(H2,16,21)(H,17,20). The van der Waals surface area contributed by atoms with Crippen LogP contribution < -0.4 is 11.1 Å². The van der Waals surface area contributed by atoms with E-state index in [-0.39, 0.29) is 5.91 Å². The number of nitrogens with zero attached hydrogens (tertiary/aromatic N) is 2. The third kappa shape index (κ3) is 4.68. The lowest BCUT2D eigenvalue weighted by molar-refractivity contribution is -0.120. The molecule has 0 aliphatic rings. The largest absolute Gasteiger partial charge is 0.389 e.